The van der Waals surface area contributed by atoms with E-state index in [1.807, 2.05) is 29.2 Å². The van der Waals surface area contributed by atoms with E-state index in [9.17, 15) is 9.59 Å². The fourth-order valence-corrected chi connectivity index (χ4v) is 3.38. The molecular weight excluding hydrogens is 372 g/mol. The van der Waals surface area contributed by atoms with Gasteiger partial charge in [-0.25, -0.2) is 0 Å². The highest BCUT2D eigenvalue weighted by atomic mass is 16.5. The minimum absolute atomic E-state index is 0.0174. The summed E-state index contributed by atoms with van der Waals surface area (Å²) in [6.07, 6.45) is 0.908. The van der Waals surface area contributed by atoms with E-state index in [4.69, 9.17) is 14.2 Å². The van der Waals surface area contributed by atoms with Crippen molar-refractivity contribution >= 4 is 11.8 Å². The summed E-state index contributed by atoms with van der Waals surface area (Å²) >= 11 is 0. The van der Waals surface area contributed by atoms with E-state index in [0.717, 1.165) is 24.2 Å². The number of para-hydroxylation sites is 1. The van der Waals surface area contributed by atoms with Crippen LogP contribution in [0.5, 0.6) is 5.75 Å². The number of nitrogens with one attached hydrogen (secondary N) is 1. The van der Waals surface area contributed by atoms with Crippen molar-refractivity contribution in [2.45, 2.75) is 51.7 Å². The zero-order valence-electron chi connectivity index (χ0n) is 18.0. The van der Waals surface area contributed by atoms with Crippen LogP contribution in [0.4, 0.5) is 0 Å². The predicted molar refractivity (Wildman–Crippen MR) is 111 cm³/mol. The summed E-state index contributed by atoms with van der Waals surface area (Å²) in [4.78, 5) is 26.5. The maximum absolute atomic E-state index is 12.8. The van der Waals surface area contributed by atoms with Crippen LogP contribution in [0.25, 0.3) is 0 Å². The molecule has 162 valence electrons. The summed E-state index contributed by atoms with van der Waals surface area (Å²) in [6.45, 7) is 8.12. The second-order valence-corrected chi connectivity index (χ2v) is 7.67. The average molecular weight is 407 g/mol. The minimum atomic E-state index is -0.546. The Hall–Kier alpha value is -2.12. The molecule has 1 aromatic rings. The third-order valence-corrected chi connectivity index (χ3v) is 5.03. The number of hydrogen-bond acceptors (Lipinski definition) is 5. The van der Waals surface area contributed by atoms with Crippen molar-refractivity contribution in [1.82, 2.24) is 10.2 Å². The number of nitrogens with zero attached hydrogens (tertiary/aromatic N) is 1. The van der Waals surface area contributed by atoms with Crippen LogP contribution in [-0.2, 0) is 19.1 Å². The highest BCUT2D eigenvalue weighted by molar-refractivity contribution is 5.81. The molecular formula is C22H34N2O5. The quantitative estimate of drug-likeness (QED) is 0.604. The van der Waals surface area contributed by atoms with Gasteiger partial charge in [0.2, 0.25) is 5.91 Å². The van der Waals surface area contributed by atoms with Crippen molar-refractivity contribution < 1.29 is 23.8 Å². The summed E-state index contributed by atoms with van der Waals surface area (Å²) in [5.74, 6) is 0.939. The largest absolute Gasteiger partial charge is 0.481 e. The maximum Gasteiger partial charge on any atom is 0.263 e. The van der Waals surface area contributed by atoms with Crippen LogP contribution in [0.1, 0.15) is 45.1 Å². The lowest BCUT2D eigenvalue weighted by Gasteiger charge is -2.34. The molecule has 0 saturated carbocycles. The Morgan fingerprint density at radius 3 is 2.48 bits per heavy atom. The normalized spacial score (nSPS) is 16.0. The van der Waals surface area contributed by atoms with Crippen LogP contribution in [0.3, 0.4) is 0 Å². The minimum Gasteiger partial charge on any atom is -0.481 e. The number of rotatable bonds is 10. The number of benzene rings is 1. The van der Waals surface area contributed by atoms with Crippen molar-refractivity contribution in [2.24, 2.45) is 0 Å². The number of piperidine rings is 1. The Bertz CT molecular complexity index is 656. The lowest BCUT2D eigenvalue weighted by molar-refractivity contribution is -0.139. The SMILES string of the molecule is COCCOCC(=O)NC1CCN(C(=O)C(C)Oc2ccccc2C(C)C)CC1. The van der Waals surface area contributed by atoms with E-state index < -0.39 is 6.10 Å². The molecule has 7 heteroatoms. The molecule has 1 heterocycles. The predicted octanol–water partition coefficient (Wildman–Crippen LogP) is 2.35. The molecule has 1 aromatic carbocycles. The van der Waals surface area contributed by atoms with Gasteiger partial charge in [-0.2, -0.15) is 0 Å². The topological polar surface area (TPSA) is 77.1 Å². The van der Waals surface area contributed by atoms with Crippen molar-refractivity contribution in [3.05, 3.63) is 29.8 Å². The molecule has 7 nitrogen and oxygen atoms in total. The van der Waals surface area contributed by atoms with Gasteiger partial charge in [0, 0.05) is 26.2 Å². The standard InChI is InChI=1S/C22H34N2O5/c1-16(2)19-7-5-6-8-20(19)29-17(3)22(26)24-11-9-18(10-12-24)23-21(25)15-28-14-13-27-4/h5-8,16-18H,9-15H2,1-4H3,(H,23,25). The Kier molecular flexibility index (Phi) is 9.41. The Balaban J connectivity index is 1.77. The smallest absolute Gasteiger partial charge is 0.263 e. The van der Waals surface area contributed by atoms with Crippen molar-refractivity contribution in [3.63, 3.8) is 0 Å². The van der Waals surface area contributed by atoms with Crippen LogP contribution < -0.4 is 10.1 Å². The van der Waals surface area contributed by atoms with Crippen molar-refractivity contribution in [3.8, 4) is 5.75 Å². The molecule has 29 heavy (non-hydrogen) atoms. The van der Waals surface area contributed by atoms with Gasteiger partial charge >= 0.3 is 0 Å². The molecule has 0 bridgehead atoms. The number of methoxy groups -OCH3 is 1. The van der Waals surface area contributed by atoms with Crippen LogP contribution in [-0.4, -0.2) is 68.9 Å². The van der Waals surface area contributed by atoms with Crippen LogP contribution >= 0.6 is 0 Å². The lowest BCUT2D eigenvalue weighted by Crippen LogP contribution is -2.50. The van der Waals surface area contributed by atoms with Crippen LogP contribution in [0.15, 0.2) is 24.3 Å². The molecule has 1 saturated heterocycles. The third kappa shape index (κ3) is 7.33. The zero-order chi connectivity index (χ0) is 21.2. The van der Waals surface area contributed by atoms with Gasteiger partial charge in [0.05, 0.1) is 13.2 Å². The number of likely N-dealkylation sites (tertiary alicyclic amines) is 1. The van der Waals surface area contributed by atoms with Gasteiger partial charge in [0.1, 0.15) is 12.4 Å². The maximum atomic E-state index is 12.8. The first kappa shape index (κ1) is 23.2. The highest BCUT2D eigenvalue weighted by Gasteiger charge is 2.28. The van der Waals surface area contributed by atoms with E-state index in [1.165, 1.54) is 0 Å². The Labute approximate surface area is 173 Å². The third-order valence-electron chi connectivity index (χ3n) is 5.03. The highest BCUT2D eigenvalue weighted by Crippen LogP contribution is 2.27. The van der Waals surface area contributed by atoms with Crippen molar-refractivity contribution in [2.75, 3.05) is 40.0 Å². The molecule has 0 aromatic heterocycles. The fourth-order valence-electron chi connectivity index (χ4n) is 3.38. The van der Waals surface area contributed by atoms with Crippen LogP contribution in [0.2, 0.25) is 0 Å². The fraction of sp³-hybridized carbons (Fsp3) is 0.636. The summed E-state index contributed by atoms with van der Waals surface area (Å²) < 4.78 is 16.1. The van der Waals surface area contributed by atoms with Gasteiger partial charge in [0.15, 0.2) is 6.10 Å². The number of hydrogen-bond donors (Lipinski definition) is 1. The summed E-state index contributed by atoms with van der Waals surface area (Å²) in [7, 11) is 1.59. The number of ether oxygens (including phenoxy) is 3. The zero-order valence-corrected chi connectivity index (χ0v) is 18.0. The van der Waals surface area contributed by atoms with Gasteiger partial charge in [-0.1, -0.05) is 32.0 Å². The van der Waals surface area contributed by atoms with Gasteiger partial charge in [-0.15, -0.1) is 0 Å². The molecule has 1 N–H and O–H groups in total. The molecule has 0 spiro atoms. The molecule has 0 radical (unpaired) electrons. The molecule has 1 atom stereocenters. The van der Waals surface area contributed by atoms with Gasteiger partial charge < -0.3 is 24.4 Å². The summed E-state index contributed by atoms with van der Waals surface area (Å²) in [6, 6.07) is 7.91. The monoisotopic (exact) mass is 406 g/mol. The van der Waals surface area contributed by atoms with E-state index in [2.05, 4.69) is 19.2 Å². The average Bonchev–Trinajstić information content (AvgIpc) is 2.71. The van der Waals surface area contributed by atoms with E-state index in [0.29, 0.717) is 32.2 Å². The summed E-state index contributed by atoms with van der Waals surface area (Å²) in [5, 5.41) is 2.97. The Morgan fingerprint density at radius 2 is 1.83 bits per heavy atom. The molecule has 0 aliphatic carbocycles. The Morgan fingerprint density at radius 1 is 1.14 bits per heavy atom. The van der Waals surface area contributed by atoms with Crippen molar-refractivity contribution in [1.29, 1.82) is 0 Å². The number of carbonyl (C=O) groups excluding carboxylic acids is 2. The van der Waals surface area contributed by atoms with Gasteiger partial charge in [0.25, 0.3) is 5.91 Å². The molecule has 2 amide bonds. The van der Waals surface area contributed by atoms with Gasteiger partial charge in [-0.3, -0.25) is 9.59 Å². The van der Waals surface area contributed by atoms with Crippen LogP contribution in [0, 0.1) is 0 Å². The second-order valence-electron chi connectivity index (χ2n) is 7.67. The number of amides is 2. The second kappa shape index (κ2) is 11.8. The lowest BCUT2D eigenvalue weighted by atomic mass is 10.0. The molecule has 2 rings (SSSR count). The molecule has 1 fully saturated rings. The first-order valence-corrected chi connectivity index (χ1v) is 10.3. The van der Waals surface area contributed by atoms with E-state index in [-0.39, 0.29) is 24.5 Å². The number of carbonyl (C=O) groups is 2. The summed E-state index contributed by atoms with van der Waals surface area (Å²) in [5.41, 5.74) is 1.10. The van der Waals surface area contributed by atoms with E-state index >= 15 is 0 Å². The van der Waals surface area contributed by atoms with Gasteiger partial charge in [-0.05, 0) is 37.3 Å². The molecule has 1 aliphatic rings. The first-order valence-electron chi connectivity index (χ1n) is 10.3. The first-order chi connectivity index (χ1) is 13.9. The van der Waals surface area contributed by atoms with E-state index in [1.54, 1.807) is 14.0 Å². The molecule has 1 aliphatic heterocycles. The molecule has 1 unspecified atom stereocenters.